The van der Waals surface area contributed by atoms with Gasteiger partial charge in [0.15, 0.2) is 0 Å². The number of hydrogen-bond acceptors (Lipinski definition) is 7. The van der Waals surface area contributed by atoms with Gasteiger partial charge in [0.1, 0.15) is 12.1 Å². The van der Waals surface area contributed by atoms with Crippen molar-refractivity contribution in [2.45, 2.75) is 162 Å². The molecule has 45 heavy (non-hydrogen) atoms. The number of fused-ring (bicyclic) bond motifs is 2. The maximum absolute atomic E-state index is 13.5. The molecule has 0 aromatic heterocycles. The topological polar surface area (TPSA) is 88.5 Å². The highest BCUT2D eigenvalue weighted by molar-refractivity contribution is 6.14. The number of nitrogens with zero attached hydrogens (tertiary/aromatic N) is 1. The SMILES string of the molecule is CO[C@H]1CC2C3(CC[C@]4(C)[C@@H]([C@@]5(C)CC[C@@H](C(C)(C)O)O5)[C@@H](O)C[C@@]24C)C[C@@]32CC[C@H](OC(=O)[C@H](C(C)C)N(C)Cl)C(C)(C)[C@H]12. The lowest BCUT2D eigenvalue weighted by Crippen LogP contribution is -2.63. The lowest BCUT2D eigenvalue weighted by Gasteiger charge is -2.65. The monoisotopic (exact) mass is 651 g/mol. The quantitative estimate of drug-likeness (QED) is 0.233. The van der Waals surface area contributed by atoms with Gasteiger partial charge in [-0.2, -0.15) is 0 Å². The molecule has 258 valence electrons. The second-order valence-electron chi connectivity index (χ2n) is 18.7. The van der Waals surface area contributed by atoms with Crippen molar-refractivity contribution in [1.82, 2.24) is 4.42 Å². The first-order chi connectivity index (χ1) is 20.6. The Bertz CT molecular complexity index is 1180. The number of halogens is 1. The minimum Gasteiger partial charge on any atom is -0.461 e. The molecule has 2 spiro atoms. The van der Waals surface area contributed by atoms with Crippen molar-refractivity contribution in [1.29, 1.82) is 0 Å². The summed E-state index contributed by atoms with van der Waals surface area (Å²) in [6.07, 6.45) is 8.03. The number of aliphatic hydroxyl groups is 2. The Morgan fingerprint density at radius 2 is 1.67 bits per heavy atom. The van der Waals surface area contributed by atoms with Gasteiger partial charge in [0.05, 0.1) is 29.5 Å². The van der Waals surface area contributed by atoms with Crippen LogP contribution in [0.2, 0.25) is 0 Å². The van der Waals surface area contributed by atoms with Crippen molar-refractivity contribution in [2.24, 2.45) is 50.7 Å². The van der Waals surface area contributed by atoms with Crippen LogP contribution in [-0.4, -0.2) is 76.4 Å². The summed E-state index contributed by atoms with van der Waals surface area (Å²) in [4.78, 5) is 13.5. The zero-order chi connectivity index (χ0) is 33.3. The molecule has 6 rings (SSSR count). The molecule has 1 heterocycles. The van der Waals surface area contributed by atoms with E-state index in [9.17, 15) is 15.0 Å². The van der Waals surface area contributed by atoms with Crippen LogP contribution < -0.4 is 0 Å². The fourth-order valence-electron chi connectivity index (χ4n) is 13.6. The maximum atomic E-state index is 13.5. The summed E-state index contributed by atoms with van der Waals surface area (Å²) in [6, 6.07) is -0.485. The van der Waals surface area contributed by atoms with Crippen LogP contribution in [0.25, 0.3) is 0 Å². The Morgan fingerprint density at radius 1 is 1.00 bits per heavy atom. The molecule has 2 unspecified atom stereocenters. The molecule has 1 saturated heterocycles. The van der Waals surface area contributed by atoms with E-state index >= 15 is 0 Å². The Kier molecular flexibility index (Phi) is 8.06. The molecule has 0 amide bonds. The van der Waals surface area contributed by atoms with Gasteiger partial charge in [-0.05, 0) is 130 Å². The maximum Gasteiger partial charge on any atom is 0.325 e. The Hall–Kier alpha value is -0.440. The number of carbonyl (C=O) groups excluding carboxylic acids is 1. The summed E-state index contributed by atoms with van der Waals surface area (Å²) in [7, 11) is 3.61. The fraction of sp³-hybridized carbons (Fsp3) is 0.973. The van der Waals surface area contributed by atoms with Gasteiger partial charge < -0.3 is 24.4 Å². The normalized spacial score (nSPS) is 50.9. The fourth-order valence-corrected chi connectivity index (χ4v) is 13.9. The number of aliphatic hydroxyl groups excluding tert-OH is 1. The molecule has 7 nitrogen and oxygen atoms in total. The molecule has 5 aliphatic carbocycles. The Balaban J connectivity index is 1.30. The van der Waals surface area contributed by atoms with Crippen molar-refractivity contribution >= 4 is 17.7 Å². The Morgan fingerprint density at radius 3 is 2.22 bits per heavy atom. The first-order valence-corrected chi connectivity index (χ1v) is 18.2. The number of carbonyl (C=O) groups is 1. The van der Waals surface area contributed by atoms with Gasteiger partial charge in [0.2, 0.25) is 0 Å². The van der Waals surface area contributed by atoms with Crippen LogP contribution in [0.15, 0.2) is 0 Å². The van der Waals surface area contributed by atoms with Crippen molar-refractivity contribution < 1.29 is 29.2 Å². The van der Waals surface area contributed by atoms with Gasteiger partial charge in [-0.25, -0.2) is 4.42 Å². The third kappa shape index (κ3) is 4.55. The van der Waals surface area contributed by atoms with E-state index in [0.717, 1.165) is 51.4 Å². The van der Waals surface area contributed by atoms with E-state index in [4.69, 9.17) is 26.0 Å². The lowest BCUT2D eigenvalue weighted by atomic mass is 9.41. The predicted molar refractivity (Wildman–Crippen MR) is 175 cm³/mol. The highest BCUT2D eigenvalue weighted by Crippen LogP contribution is 2.89. The Labute approximate surface area is 277 Å². The van der Waals surface area contributed by atoms with Gasteiger partial charge in [-0.1, -0.05) is 41.5 Å². The van der Waals surface area contributed by atoms with Crippen LogP contribution in [-0.2, 0) is 19.0 Å². The minimum absolute atomic E-state index is 0.0219. The molecule has 5 saturated carbocycles. The molecule has 6 aliphatic rings. The molecule has 0 bridgehead atoms. The molecule has 0 aromatic carbocycles. The highest BCUT2D eigenvalue weighted by atomic mass is 35.5. The van der Waals surface area contributed by atoms with Crippen LogP contribution in [0.1, 0.15) is 120 Å². The number of likely N-dealkylation sites (N-methyl/N-ethyl adjacent to an activating group) is 1. The van der Waals surface area contributed by atoms with E-state index < -0.39 is 23.3 Å². The molecule has 2 N–H and O–H groups in total. The summed E-state index contributed by atoms with van der Waals surface area (Å²) in [5.74, 6) is 0.583. The van der Waals surface area contributed by atoms with E-state index in [-0.39, 0.29) is 63.2 Å². The second-order valence-corrected chi connectivity index (χ2v) is 19.3. The van der Waals surface area contributed by atoms with E-state index in [1.54, 1.807) is 7.05 Å². The van der Waals surface area contributed by atoms with Crippen molar-refractivity contribution in [3.8, 4) is 0 Å². The van der Waals surface area contributed by atoms with E-state index in [0.29, 0.717) is 11.8 Å². The summed E-state index contributed by atoms with van der Waals surface area (Å²) in [6.45, 7) is 19.5. The van der Waals surface area contributed by atoms with E-state index in [2.05, 4.69) is 34.6 Å². The summed E-state index contributed by atoms with van der Waals surface area (Å²) in [5.41, 5.74) is -1.35. The third-order valence-electron chi connectivity index (χ3n) is 15.5. The van der Waals surface area contributed by atoms with Gasteiger partial charge in [0.25, 0.3) is 0 Å². The standard InChI is InChI=1S/C37H62ClNO6/c1-21(2)27(39(10)38)30(41)44-25-13-15-37-20-36(37)17-16-33(7)28(35(9)14-12-26(45-35)32(5,6)42)22(40)19-34(33,8)24(36)18-23(43-11)29(37)31(25,3)4/h21-29,40,42H,12-20H2,1-11H3/t22-,23-,24?,25-,26-,27-,28-,29-,33+,34-,35+,36?,37+/m0/s1. The average molecular weight is 652 g/mol. The van der Waals surface area contributed by atoms with Crippen LogP contribution in [0.4, 0.5) is 0 Å². The van der Waals surface area contributed by atoms with Crippen LogP contribution >= 0.6 is 11.8 Å². The summed E-state index contributed by atoms with van der Waals surface area (Å²) < 4.78 is 21.1. The van der Waals surface area contributed by atoms with Crippen LogP contribution in [0.3, 0.4) is 0 Å². The van der Waals surface area contributed by atoms with E-state index in [1.165, 1.54) is 10.8 Å². The zero-order valence-electron chi connectivity index (χ0n) is 29.9. The molecule has 1 aliphatic heterocycles. The smallest absolute Gasteiger partial charge is 0.325 e. The van der Waals surface area contributed by atoms with Crippen LogP contribution in [0, 0.1) is 50.7 Å². The van der Waals surface area contributed by atoms with Gasteiger partial charge in [-0.15, -0.1) is 0 Å². The molecule has 13 atom stereocenters. The molecular weight excluding hydrogens is 590 g/mol. The molecule has 0 radical (unpaired) electrons. The van der Waals surface area contributed by atoms with Crippen molar-refractivity contribution in [3.63, 3.8) is 0 Å². The highest BCUT2D eigenvalue weighted by Gasteiger charge is 2.85. The van der Waals surface area contributed by atoms with Crippen molar-refractivity contribution in [3.05, 3.63) is 0 Å². The van der Waals surface area contributed by atoms with E-state index in [1.807, 2.05) is 34.8 Å². The molecule has 8 heteroatoms. The first-order valence-electron chi connectivity index (χ1n) is 17.9. The van der Waals surface area contributed by atoms with Gasteiger partial charge >= 0.3 is 5.97 Å². The average Bonchev–Trinajstić information content (AvgIpc) is 3.27. The lowest BCUT2D eigenvalue weighted by molar-refractivity contribution is -0.222. The summed E-state index contributed by atoms with van der Waals surface area (Å²) in [5, 5.41) is 22.8. The predicted octanol–water partition coefficient (Wildman–Crippen LogP) is 6.75. The first kappa shape index (κ1) is 34.4. The molecule has 0 aromatic rings. The largest absolute Gasteiger partial charge is 0.461 e. The number of esters is 1. The summed E-state index contributed by atoms with van der Waals surface area (Å²) >= 11 is 6.32. The number of hydrogen-bond donors (Lipinski definition) is 2. The van der Waals surface area contributed by atoms with Gasteiger partial charge in [-0.3, -0.25) is 4.79 Å². The third-order valence-corrected chi connectivity index (χ3v) is 15.7. The number of rotatable bonds is 7. The van der Waals surface area contributed by atoms with Crippen molar-refractivity contribution in [2.75, 3.05) is 14.2 Å². The zero-order valence-corrected chi connectivity index (χ0v) is 30.7. The van der Waals surface area contributed by atoms with Crippen LogP contribution in [0.5, 0.6) is 0 Å². The minimum atomic E-state index is -0.901. The number of ether oxygens (including phenoxy) is 3. The molecular formula is C37H62ClNO6. The second kappa shape index (κ2) is 10.5. The number of methoxy groups -OCH3 is 1. The van der Waals surface area contributed by atoms with Gasteiger partial charge in [0, 0.05) is 25.5 Å². The molecule has 6 fully saturated rings.